The Labute approximate surface area is 95.3 Å². The van der Waals surface area contributed by atoms with Gasteiger partial charge in [0, 0.05) is 25.2 Å². The van der Waals surface area contributed by atoms with Crippen LogP contribution in [0.25, 0.3) is 0 Å². The summed E-state index contributed by atoms with van der Waals surface area (Å²) in [4.78, 5) is 23.4. The Morgan fingerprint density at radius 1 is 1.00 bits per heavy atom. The van der Waals surface area contributed by atoms with E-state index in [1.807, 2.05) is 11.9 Å². The van der Waals surface area contributed by atoms with Crippen molar-refractivity contribution in [2.45, 2.75) is 0 Å². The maximum absolute atomic E-state index is 10.7. The third-order valence-electron chi connectivity index (χ3n) is 1.74. The molecule has 0 aromatic heterocycles. The average Bonchev–Trinajstić information content (AvgIpc) is 2.28. The van der Waals surface area contributed by atoms with Gasteiger partial charge in [0.15, 0.2) is 0 Å². The quantitative estimate of drug-likeness (QED) is 0.485. The fourth-order valence-electron chi connectivity index (χ4n) is 0.868. The zero-order valence-corrected chi connectivity index (χ0v) is 9.80. The Morgan fingerprint density at radius 3 is 1.69 bits per heavy atom. The Balaban J connectivity index is 3.78. The molecule has 0 saturated carbocycles. The molecule has 0 aliphatic rings. The second-order valence-electron chi connectivity index (χ2n) is 3.07. The summed E-state index contributed by atoms with van der Waals surface area (Å²) in [5, 5.41) is 0. The van der Waals surface area contributed by atoms with Gasteiger partial charge in [-0.2, -0.15) is 0 Å². The van der Waals surface area contributed by atoms with E-state index in [1.54, 1.807) is 12.2 Å². The van der Waals surface area contributed by atoms with Crippen molar-refractivity contribution in [3.63, 3.8) is 0 Å². The van der Waals surface area contributed by atoms with Gasteiger partial charge in [-0.25, -0.2) is 9.59 Å². The van der Waals surface area contributed by atoms with Crippen LogP contribution in [0.15, 0.2) is 24.3 Å². The predicted octanol–water partition coefficient (Wildman–Crippen LogP) is 0.377. The smallest absolute Gasteiger partial charge is 0.330 e. The van der Waals surface area contributed by atoms with Crippen LogP contribution in [0, 0.1) is 0 Å². The number of nitrogens with zero attached hydrogens (tertiary/aromatic N) is 1. The predicted molar refractivity (Wildman–Crippen MR) is 59.8 cm³/mol. The number of likely N-dealkylation sites (N-methyl/N-ethyl adjacent to an activating group) is 1. The molecule has 0 N–H and O–H groups in total. The molecule has 0 rings (SSSR count). The second-order valence-corrected chi connectivity index (χ2v) is 3.07. The van der Waals surface area contributed by atoms with E-state index in [2.05, 4.69) is 9.47 Å². The highest BCUT2D eigenvalue weighted by Crippen LogP contribution is 1.87. The lowest BCUT2D eigenvalue weighted by atomic mass is 10.4. The van der Waals surface area contributed by atoms with Gasteiger partial charge in [-0.1, -0.05) is 12.2 Å². The van der Waals surface area contributed by atoms with Crippen LogP contribution in [-0.4, -0.2) is 51.2 Å². The molecule has 0 fully saturated rings. The van der Waals surface area contributed by atoms with E-state index in [9.17, 15) is 9.59 Å². The van der Waals surface area contributed by atoms with Gasteiger partial charge in [0.05, 0.1) is 14.2 Å². The third-order valence-corrected chi connectivity index (χ3v) is 1.74. The van der Waals surface area contributed by atoms with Gasteiger partial charge in [-0.05, 0) is 7.05 Å². The lowest BCUT2D eigenvalue weighted by Crippen LogP contribution is -2.18. The molecule has 0 unspecified atom stereocenters. The van der Waals surface area contributed by atoms with Crippen molar-refractivity contribution >= 4 is 11.9 Å². The number of hydrogen-bond donors (Lipinski definition) is 0. The number of esters is 2. The number of carbonyl (C=O) groups excluding carboxylic acids is 2. The molecule has 0 aromatic carbocycles. The van der Waals surface area contributed by atoms with Crippen LogP contribution < -0.4 is 0 Å². The van der Waals surface area contributed by atoms with E-state index in [0.717, 1.165) is 0 Å². The topological polar surface area (TPSA) is 55.8 Å². The zero-order valence-electron chi connectivity index (χ0n) is 9.80. The SMILES string of the molecule is COC(=O)C=CCN(C)CC=CC(=O)OC. The van der Waals surface area contributed by atoms with E-state index in [4.69, 9.17) is 0 Å². The molecular weight excluding hydrogens is 210 g/mol. The minimum absolute atomic E-state index is 0.376. The molecule has 0 bridgehead atoms. The molecular formula is C11H17NO4. The van der Waals surface area contributed by atoms with Crippen LogP contribution >= 0.6 is 0 Å². The van der Waals surface area contributed by atoms with E-state index in [-0.39, 0.29) is 11.9 Å². The zero-order chi connectivity index (χ0) is 12.4. The van der Waals surface area contributed by atoms with Crippen LogP contribution in [0.2, 0.25) is 0 Å². The normalized spacial score (nSPS) is 11.2. The van der Waals surface area contributed by atoms with E-state index in [0.29, 0.717) is 13.1 Å². The minimum Gasteiger partial charge on any atom is -0.466 e. The molecule has 0 amide bonds. The number of methoxy groups -OCH3 is 2. The van der Waals surface area contributed by atoms with E-state index >= 15 is 0 Å². The Morgan fingerprint density at radius 2 is 1.38 bits per heavy atom. The molecule has 0 spiro atoms. The number of carbonyl (C=O) groups is 2. The summed E-state index contributed by atoms with van der Waals surface area (Å²) in [5.74, 6) is -0.753. The molecule has 16 heavy (non-hydrogen) atoms. The van der Waals surface area contributed by atoms with Crippen molar-refractivity contribution in [2.24, 2.45) is 0 Å². The highest BCUT2D eigenvalue weighted by atomic mass is 16.5. The minimum atomic E-state index is -0.376. The standard InChI is InChI=1S/C11H17NO4/c1-12(8-4-6-10(13)15-2)9-5-7-11(14)16-3/h4-7H,8-9H2,1-3H3. The average molecular weight is 227 g/mol. The molecule has 5 heteroatoms. The molecule has 5 nitrogen and oxygen atoms in total. The van der Waals surface area contributed by atoms with Crippen molar-refractivity contribution in [3.05, 3.63) is 24.3 Å². The van der Waals surface area contributed by atoms with Crippen LogP contribution in [-0.2, 0) is 19.1 Å². The lowest BCUT2D eigenvalue weighted by molar-refractivity contribution is -0.135. The number of ether oxygens (including phenoxy) is 2. The first-order valence-electron chi connectivity index (χ1n) is 4.77. The van der Waals surface area contributed by atoms with Gasteiger partial charge in [-0.15, -0.1) is 0 Å². The van der Waals surface area contributed by atoms with Gasteiger partial charge in [0.25, 0.3) is 0 Å². The Hall–Kier alpha value is -1.62. The monoisotopic (exact) mass is 227 g/mol. The summed E-state index contributed by atoms with van der Waals surface area (Å²) in [6.45, 7) is 1.20. The van der Waals surface area contributed by atoms with Crippen molar-refractivity contribution in [1.29, 1.82) is 0 Å². The van der Waals surface area contributed by atoms with Crippen molar-refractivity contribution in [2.75, 3.05) is 34.4 Å². The lowest BCUT2D eigenvalue weighted by Gasteiger charge is -2.10. The van der Waals surface area contributed by atoms with Gasteiger partial charge in [0.1, 0.15) is 0 Å². The summed E-state index contributed by atoms with van der Waals surface area (Å²) in [6, 6.07) is 0. The molecule has 0 aromatic rings. The molecule has 0 radical (unpaired) electrons. The van der Waals surface area contributed by atoms with Crippen molar-refractivity contribution in [1.82, 2.24) is 4.90 Å². The van der Waals surface area contributed by atoms with Crippen molar-refractivity contribution < 1.29 is 19.1 Å². The van der Waals surface area contributed by atoms with Gasteiger partial charge in [-0.3, -0.25) is 4.90 Å². The van der Waals surface area contributed by atoms with Gasteiger partial charge in [0.2, 0.25) is 0 Å². The maximum atomic E-state index is 10.7. The highest BCUT2D eigenvalue weighted by Gasteiger charge is 1.95. The van der Waals surface area contributed by atoms with Crippen molar-refractivity contribution in [3.8, 4) is 0 Å². The fraction of sp³-hybridized carbons (Fsp3) is 0.455. The van der Waals surface area contributed by atoms with Crippen LogP contribution in [0.4, 0.5) is 0 Å². The molecule has 0 saturated heterocycles. The maximum Gasteiger partial charge on any atom is 0.330 e. The Bertz CT molecular complexity index is 256. The molecule has 0 atom stereocenters. The Kier molecular flexibility index (Phi) is 7.79. The largest absolute Gasteiger partial charge is 0.466 e. The van der Waals surface area contributed by atoms with Crippen LogP contribution in [0.1, 0.15) is 0 Å². The summed E-state index contributed by atoms with van der Waals surface area (Å²) in [5.41, 5.74) is 0. The first kappa shape index (κ1) is 14.4. The van der Waals surface area contributed by atoms with Gasteiger partial charge < -0.3 is 9.47 Å². The second kappa shape index (κ2) is 8.67. The van der Waals surface area contributed by atoms with E-state index < -0.39 is 0 Å². The summed E-state index contributed by atoms with van der Waals surface area (Å²) in [7, 11) is 4.52. The molecule has 90 valence electrons. The first-order chi connectivity index (χ1) is 7.60. The highest BCUT2D eigenvalue weighted by molar-refractivity contribution is 5.82. The molecule has 0 heterocycles. The summed E-state index contributed by atoms with van der Waals surface area (Å²) in [6.07, 6.45) is 6.11. The fourth-order valence-corrected chi connectivity index (χ4v) is 0.868. The molecule has 0 aliphatic heterocycles. The first-order valence-corrected chi connectivity index (χ1v) is 4.77. The number of hydrogen-bond acceptors (Lipinski definition) is 5. The number of rotatable bonds is 6. The summed E-state index contributed by atoms with van der Waals surface area (Å²) < 4.78 is 8.88. The van der Waals surface area contributed by atoms with Crippen LogP contribution in [0.3, 0.4) is 0 Å². The van der Waals surface area contributed by atoms with Gasteiger partial charge >= 0.3 is 11.9 Å². The van der Waals surface area contributed by atoms with Crippen LogP contribution in [0.5, 0.6) is 0 Å². The molecule has 0 aliphatic carbocycles. The van der Waals surface area contributed by atoms with E-state index in [1.165, 1.54) is 26.4 Å². The summed E-state index contributed by atoms with van der Waals surface area (Å²) >= 11 is 0. The third kappa shape index (κ3) is 7.75.